The Bertz CT molecular complexity index is 1010. The lowest BCUT2D eigenvalue weighted by atomic mass is 9.97. The summed E-state index contributed by atoms with van der Waals surface area (Å²) in [5.74, 6) is 1.46. The molecule has 7 nitrogen and oxygen atoms in total. The van der Waals surface area contributed by atoms with Gasteiger partial charge in [0.1, 0.15) is 0 Å². The van der Waals surface area contributed by atoms with E-state index < -0.39 is 0 Å². The van der Waals surface area contributed by atoms with Gasteiger partial charge in [-0.2, -0.15) is 0 Å². The summed E-state index contributed by atoms with van der Waals surface area (Å²) in [7, 11) is 0. The fraction of sp³-hybridized carbons (Fsp3) is 0.625. The van der Waals surface area contributed by atoms with Crippen LogP contribution in [0, 0.1) is 11.8 Å². The zero-order chi connectivity index (χ0) is 21.4. The lowest BCUT2D eigenvalue weighted by Crippen LogP contribution is -2.50. The van der Waals surface area contributed by atoms with Crippen LogP contribution in [0.1, 0.15) is 32.6 Å². The third-order valence-corrected chi connectivity index (χ3v) is 7.18. The topological polar surface area (TPSA) is 61.7 Å². The van der Waals surface area contributed by atoms with Gasteiger partial charge in [-0.1, -0.05) is 0 Å². The molecule has 2 aromatic rings. The number of fused-ring (bicyclic) bond motifs is 1. The zero-order valence-corrected chi connectivity index (χ0v) is 18.5. The Balaban J connectivity index is 1.20. The summed E-state index contributed by atoms with van der Waals surface area (Å²) in [5, 5.41) is 0.720. The zero-order valence-electron chi connectivity index (χ0n) is 18.5. The van der Waals surface area contributed by atoms with Crippen molar-refractivity contribution in [1.82, 2.24) is 19.4 Å². The van der Waals surface area contributed by atoms with Crippen molar-refractivity contribution in [3.8, 4) is 0 Å². The highest BCUT2D eigenvalue weighted by atomic mass is 16.2. The molecule has 166 valence electrons. The standard InChI is InChI=1S/C24H33N5O2/c1-18(30)28-8-2-3-20(16-28)14-26-9-11-27(12-10-26)21-6-7-22-23(13-21)25-17-29(24(22)31)15-19-4-5-19/h6-7,13,17,19-20H,2-5,8-12,14-16H2,1H3. The summed E-state index contributed by atoms with van der Waals surface area (Å²) >= 11 is 0. The van der Waals surface area contributed by atoms with Crippen LogP contribution in [0.2, 0.25) is 0 Å². The van der Waals surface area contributed by atoms with Gasteiger partial charge in [-0.15, -0.1) is 0 Å². The molecule has 5 rings (SSSR count). The number of aromatic nitrogens is 2. The van der Waals surface area contributed by atoms with Crippen LogP contribution in [0.3, 0.4) is 0 Å². The first-order valence-electron chi connectivity index (χ1n) is 11.8. The van der Waals surface area contributed by atoms with E-state index in [2.05, 4.69) is 26.9 Å². The third-order valence-electron chi connectivity index (χ3n) is 7.18. The van der Waals surface area contributed by atoms with Crippen molar-refractivity contribution in [1.29, 1.82) is 0 Å². The minimum absolute atomic E-state index is 0.0837. The molecule has 0 radical (unpaired) electrons. The Kier molecular flexibility index (Phi) is 5.69. The second-order valence-electron chi connectivity index (χ2n) is 9.61. The van der Waals surface area contributed by atoms with Gasteiger partial charge in [0.25, 0.3) is 5.56 Å². The maximum atomic E-state index is 12.8. The van der Waals surface area contributed by atoms with Gasteiger partial charge in [-0.05, 0) is 55.7 Å². The fourth-order valence-corrected chi connectivity index (χ4v) is 5.11. The Morgan fingerprint density at radius 1 is 1.03 bits per heavy atom. The SMILES string of the molecule is CC(=O)N1CCCC(CN2CCN(c3ccc4c(=O)n(CC5CC5)cnc4c3)CC2)C1. The van der Waals surface area contributed by atoms with Crippen LogP contribution in [0.25, 0.3) is 10.9 Å². The van der Waals surface area contributed by atoms with E-state index in [0.717, 1.165) is 75.4 Å². The average Bonchev–Trinajstić information content (AvgIpc) is 3.60. The van der Waals surface area contributed by atoms with Crippen LogP contribution in [0.4, 0.5) is 5.69 Å². The number of likely N-dealkylation sites (tertiary alicyclic amines) is 1. The first-order valence-corrected chi connectivity index (χ1v) is 11.8. The van der Waals surface area contributed by atoms with E-state index in [0.29, 0.717) is 11.8 Å². The van der Waals surface area contributed by atoms with E-state index >= 15 is 0 Å². The number of carbonyl (C=O) groups excluding carboxylic acids is 1. The Labute approximate surface area is 183 Å². The summed E-state index contributed by atoms with van der Waals surface area (Å²) in [5.41, 5.74) is 2.03. The second kappa shape index (κ2) is 8.61. The highest BCUT2D eigenvalue weighted by Crippen LogP contribution is 2.30. The van der Waals surface area contributed by atoms with E-state index in [-0.39, 0.29) is 11.5 Å². The molecular formula is C24H33N5O2. The molecule has 3 fully saturated rings. The molecule has 7 heteroatoms. The normalized spacial score (nSPS) is 22.8. The third kappa shape index (κ3) is 4.61. The molecule has 0 spiro atoms. The summed E-state index contributed by atoms with van der Waals surface area (Å²) in [6, 6.07) is 6.10. The maximum absolute atomic E-state index is 12.8. The van der Waals surface area contributed by atoms with Gasteiger partial charge in [0.05, 0.1) is 17.2 Å². The van der Waals surface area contributed by atoms with Gasteiger partial charge in [-0.25, -0.2) is 4.98 Å². The molecule has 1 saturated carbocycles. The highest BCUT2D eigenvalue weighted by molar-refractivity contribution is 5.81. The Morgan fingerprint density at radius 3 is 2.58 bits per heavy atom. The highest BCUT2D eigenvalue weighted by Gasteiger charge is 2.26. The quantitative estimate of drug-likeness (QED) is 0.738. The Hall–Kier alpha value is -2.41. The number of carbonyl (C=O) groups is 1. The van der Waals surface area contributed by atoms with Crippen molar-refractivity contribution in [3.05, 3.63) is 34.9 Å². The molecule has 2 aliphatic heterocycles. The average molecular weight is 424 g/mol. The maximum Gasteiger partial charge on any atom is 0.261 e. The van der Waals surface area contributed by atoms with Gasteiger partial charge in [0.15, 0.2) is 0 Å². The summed E-state index contributed by atoms with van der Waals surface area (Å²) in [6.07, 6.45) is 6.52. The first-order chi connectivity index (χ1) is 15.1. The summed E-state index contributed by atoms with van der Waals surface area (Å²) in [6.45, 7) is 9.42. The van der Waals surface area contributed by atoms with Gasteiger partial charge in [-0.3, -0.25) is 19.1 Å². The largest absolute Gasteiger partial charge is 0.369 e. The van der Waals surface area contributed by atoms with Crippen molar-refractivity contribution in [3.63, 3.8) is 0 Å². The van der Waals surface area contributed by atoms with Crippen molar-refractivity contribution in [2.45, 2.75) is 39.2 Å². The lowest BCUT2D eigenvalue weighted by molar-refractivity contribution is -0.130. The van der Waals surface area contributed by atoms with Gasteiger partial charge >= 0.3 is 0 Å². The van der Waals surface area contributed by atoms with Crippen LogP contribution in [-0.4, -0.2) is 71.1 Å². The predicted octanol–water partition coefficient (Wildman–Crippen LogP) is 2.19. The fourth-order valence-electron chi connectivity index (χ4n) is 5.11. The van der Waals surface area contributed by atoms with Crippen LogP contribution in [0.5, 0.6) is 0 Å². The van der Waals surface area contributed by atoms with Crippen molar-refractivity contribution in [2.24, 2.45) is 11.8 Å². The van der Waals surface area contributed by atoms with Crippen LogP contribution in [0.15, 0.2) is 29.3 Å². The van der Waals surface area contributed by atoms with E-state index in [1.807, 2.05) is 11.0 Å². The summed E-state index contributed by atoms with van der Waals surface area (Å²) < 4.78 is 1.77. The number of amides is 1. The molecule has 1 amide bonds. The van der Waals surface area contributed by atoms with Crippen molar-refractivity contribution >= 4 is 22.5 Å². The minimum Gasteiger partial charge on any atom is -0.369 e. The molecular weight excluding hydrogens is 390 g/mol. The number of piperidine rings is 1. The van der Waals surface area contributed by atoms with E-state index in [4.69, 9.17) is 0 Å². The molecule has 1 aromatic carbocycles. The summed E-state index contributed by atoms with van der Waals surface area (Å²) in [4.78, 5) is 36.0. The van der Waals surface area contributed by atoms with Gasteiger partial charge in [0.2, 0.25) is 5.91 Å². The van der Waals surface area contributed by atoms with E-state index in [9.17, 15) is 9.59 Å². The van der Waals surface area contributed by atoms with Gasteiger partial charge < -0.3 is 9.80 Å². The molecule has 3 aliphatic rings. The number of anilines is 1. The van der Waals surface area contributed by atoms with Crippen LogP contribution < -0.4 is 10.5 Å². The number of nitrogens with zero attached hydrogens (tertiary/aromatic N) is 5. The number of hydrogen-bond donors (Lipinski definition) is 0. The molecule has 3 heterocycles. The molecule has 1 aliphatic carbocycles. The predicted molar refractivity (Wildman–Crippen MR) is 122 cm³/mol. The molecule has 1 atom stereocenters. The van der Waals surface area contributed by atoms with Crippen LogP contribution in [-0.2, 0) is 11.3 Å². The molecule has 0 N–H and O–H groups in total. The molecule has 1 unspecified atom stereocenters. The van der Waals surface area contributed by atoms with Crippen molar-refractivity contribution < 1.29 is 4.79 Å². The number of rotatable bonds is 5. The molecule has 2 saturated heterocycles. The smallest absolute Gasteiger partial charge is 0.261 e. The van der Waals surface area contributed by atoms with E-state index in [1.165, 1.54) is 19.3 Å². The molecule has 31 heavy (non-hydrogen) atoms. The first kappa shape index (κ1) is 20.5. The number of piperazine rings is 1. The monoisotopic (exact) mass is 423 g/mol. The number of benzene rings is 1. The number of hydrogen-bond acceptors (Lipinski definition) is 5. The lowest BCUT2D eigenvalue weighted by Gasteiger charge is -2.40. The Morgan fingerprint density at radius 2 is 1.84 bits per heavy atom. The molecule has 1 aromatic heterocycles. The second-order valence-corrected chi connectivity index (χ2v) is 9.61. The van der Waals surface area contributed by atoms with Crippen molar-refractivity contribution in [2.75, 3.05) is 50.7 Å². The molecule has 0 bridgehead atoms. The van der Waals surface area contributed by atoms with Crippen LogP contribution >= 0.6 is 0 Å². The van der Waals surface area contributed by atoms with E-state index in [1.54, 1.807) is 17.8 Å². The minimum atomic E-state index is 0.0837. The van der Waals surface area contributed by atoms with Gasteiger partial charge in [0, 0.05) is 65.0 Å².